The van der Waals surface area contributed by atoms with Crippen LogP contribution in [0.2, 0.25) is 0 Å². The van der Waals surface area contributed by atoms with Crippen molar-refractivity contribution in [3.05, 3.63) is 114 Å². The van der Waals surface area contributed by atoms with Crippen molar-refractivity contribution in [3.8, 4) is 11.1 Å². The first kappa shape index (κ1) is 27.7. The van der Waals surface area contributed by atoms with Gasteiger partial charge in [0.25, 0.3) is 0 Å². The van der Waals surface area contributed by atoms with Crippen molar-refractivity contribution in [2.45, 2.75) is 44.9 Å². The molecule has 0 aromatic heterocycles. The van der Waals surface area contributed by atoms with Gasteiger partial charge in [-0.1, -0.05) is 65.7 Å². The van der Waals surface area contributed by atoms with Crippen LogP contribution in [0.4, 0.5) is 0 Å². The van der Waals surface area contributed by atoms with Gasteiger partial charge in [-0.3, -0.25) is 6.08 Å². The summed E-state index contributed by atoms with van der Waals surface area (Å²) < 4.78 is 1.80. The average molecular weight is 551 g/mol. The summed E-state index contributed by atoms with van der Waals surface area (Å²) in [4.78, 5) is 0. The number of hydrogen-bond acceptors (Lipinski definition) is 0. The van der Waals surface area contributed by atoms with Crippen LogP contribution >= 0.6 is 0 Å². The van der Waals surface area contributed by atoms with Gasteiger partial charge in [0.05, 0.1) is 0 Å². The van der Waals surface area contributed by atoms with Crippen LogP contribution in [0.15, 0.2) is 84.9 Å². The summed E-state index contributed by atoms with van der Waals surface area (Å²) in [6.45, 7) is 0. The third kappa shape index (κ3) is 8.03. The molecule has 0 atom stereocenters. The van der Waals surface area contributed by atoms with Gasteiger partial charge in [0, 0.05) is 0 Å². The van der Waals surface area contributed by atoms with E-state index in [2.05, 4.69) is 85.0 Å². The third-order valence-electron chi connectivity index (χ3n) is 5.88. The fourth-order valence-corrected chi connectivity index (χ4v) is 5.07. The van der Waals surface area contributed by atoms with Crippen molar-refractivity contribution < 1.29 is 49.0 Å². The summed E-state index contributed by atoms with van der Waals surface area (Å²) in [5.41, 5.74) is 8.10. The van der Waals surface area contributed by atoms with Crippen LogP contribution in [0.25, 0.3) is 16.7 Å². The molecule has 3 aliphatic carbocycles. The van der Waals surface area contributed by atoms with Gasteiger partial charge in [-0.05, 0) is 6.42 Å². The van der Waals surface area contributed by atoms with Crippen LogP contribution in [0.5, 0.6) is 0 Å². The number of halogens is 2. The molecule has 0 amide bonds. The summed E-state index contributed by atoms with van der Waals surface area (Å²) >= 11 is 1.69. The maximum atomic E-state index is 3.30. The molecule has 3 aromatic carbocycles. The van der Waals surface area contributed by atoms with Crippen molar-refractivity contribution in [1.29, 1.82) is 0 Å². The largest absolute Gasteiger partial charge is 0.179 e. The van der Waals surface area contributed by atoms with E-state index in [9.17, 15) is 0 Å². The van der Waals surface area contributed by atoms with Gasteiger partial charge in [-0.15, -0.1) is 17.5 Å². The average Bonchev–Trinajstić information content (AvgIpc) is 3.49. The molecular formula is C30H28Cl2Zr-2. The molecule has 0 N–H and O–H groups in total. The molecule has 6 rings (SSSR count). The smallest absolute Gasteiger partial charge is 0.0253 e. The molecule has 3 aromatic rings. The van der Waals surface area contributed by atoms with Gasteiger partial charge in [0.1, 0.15) is 0 Å². The third-order valence-corrected chi connectivity index (χ3v) is 7.11. The minimum atomic E-state index is 0. The van der Waals surface area contributed by atoms with E-state index in [1.165, 1.54) is 65.5 Å². The molecular weight excluding hydrogens is 522 g/mol. The molecule has 1 saturated carbocycles. The summed E-state index contributed by atoms with van der Waals surface area (Å²) in [5, 5.41) is 0. The Bertz CT molecular complexity index is 1030. The quantitative estimate of drug-likeness (QED) is 0.316. The van der Waals surface area contributed by atoms with Crippen LogP contribution in [0.1, 0.15) is 55.2 Å². The summed E-state index contributed by atoms with van der Waals surface area (Å²) in [6.07, 6.45) is 16.7. The molecule has 0 radical (unpaired) electrons. The monoisotopic (exact) mass is 548 g/mol. The number of allylic oxidation sites excluding steroid dienone is 4. The first-order chi connectivity index (χ1) is 15.3. The van der Waals surface area contributed by atoms with E-state index in [1.807, 2.05) is 12.1 Å². The molecule has 3 heteroatoms. The van der Waals surface area contributed by atoms with Gasteiger partial charge >= 0.3 is 59.5 Å². The van der Waals surface area contributed by atoms with Crippen molar-refractivity contribution in [3.63, 3.8) is 0 Å². The van der Waals surface area contributed by atoms with Gasteiger partial charge in [-0.25, -0.2) is 6.08 Å². The SMILES string of the molecule is [C-]1=CC(c2ccccc2)=CC1.[Cl-].[Cl-].[Zr+2]=[C]1CCCCC1.[c-]1cccc2c1Cc1ccccc1-2. The van der Waals surface area contributed by atoms with Crippen LogP contribution < -0.4 is 24.8 Å². The second-order valence-electron chi connectivity index (χ2n) is 8.14. The fraction of sp³-hybridized carbons (Fsp3) is 0.233. The molecule has 3 aliphatic rings. The predicted octanol–water partition coefficient (Wildman–Crippen LogP) is 1.57. The number of rotatable bonds is 1. The van der Waals surface area contributed by atoms with E-state index in [0.29, 0.717) is 0 Å². The Kier molecular flexibility index (Phi) is 12.3. The zero-order valence-electron chi connectivity index (χ0n) is 18.8. The molecule has 1 fully saturated rings. The molecule has 0 spiro atoms. The van der Waals surface area contributed by atoms with E-state index in [-0.39, 0.29) is 24.8 Å². The first-order valence-corrected chi connectivity index (χ1v) is 12.5. The maximum Gasteiger partial charge on any atom is -0.0253 e. The van der Waals surface area contributed by atoms with Crippen LogP contribution in [-0.2, 0) is 30.7 Å². The Balaban J connectivity index is 0.000000177. The van der Waals surface area contributed by atoms with Crippen LogP contribution in [0.3, 0.4) is 0 Å². The van der Waals surface area contributed by atoms with Crippen molar-refractivity contribution >= 4 is 8.78 Å². The van der Waals surface area contributed by atoms with Crippen molar-refractivity contribution in [2.24, 2.45) is 0 Å². The minimum Gasteiger partial charge on any atom is -0.179 e. The van der Waals surface area contributed by atoms with E-state index < -0.39 is 0 Å². The summed E-state index contributed by atoms with van der Waals surface area (Å²) in [6, 6.07) is 28.5. The summed E-state index contributed by atoms with van der Waals surface area (Å²) in [7, 11) is 0. The molecule has 0 heterocycles. The number of fused-ring (bicyclic) bond motifs is 3. The Hall–Kier alpha value is -1.53. The Labute approximate surface area is 226 Å². The standard InChI is InChI=1S/C13H9.C11H9.C6H10.2ClH.Zr/c1-3-7-12-10(5-1)9-11-6-2-4-8-13(11)12;1-2-6-10(7-3-1)11-8-4-5-9-11;1-2-4-6-5-3-1;;;/h1-5,7-8H,9H2;1-3,6-9H,4H2;1-5H2;2*1H;/q2*-1;;;;+2/p-2. The molecule has 33 heavy (non-hydrogen) atoms. The molecule has 0 bridgehead atoms. The molecule has 0 unspecified atom stereocenters. The van der Waals surface area contributed by atoms with Crippen molar-refractivity contribution in [1.82, 2.24) is 0 Å². The van der Waals surface area contributed by atoms with E-state index in [1.54, 1.807) is 27.4 Å². The van der Waals surface area contributed by atoms with E-state index in [4.69, 9.17) is 0 Å². The molecule has 0 saturated heterocycles. The Morgan fingerprint density at radius 3 is 2.09 bits per heavy atom. The molecule has 0 nitrogen and oxygen atoms in total. The van der Waals surface area contributed by atoms with Crippen molar-refractivity contribution in [2.75, 3.05) is 0 Å². The number of hydrogen-bond donors (Lipinski definition) is 0. The maximum absolute atomic E-state index is 3.30. The second kappa shape index (κ2) is 14.7. The predicted molar refractivity (Wildman–Crippen MR) is 128 cm³/mol. The second-order valence-corrected chi connectivity index (χ2v) is 9.88. The van der Waals surface area contributed by atoms with E-state index >= 15 is 0 Å². The topological polar surface area (TPSA) is 0 Å². The molecule has 0 aliphatic heterocycles. The van der Waals surface area contributed by atoms with Crippen LogP contribution in [0, 0.1) is 12.1 Å². The van der Waals surface area contributed by atoms with Gasteiger partial charge in [0.15, 0.2) is 0 Å². The Morgan fingerprint density at radius 2 is 1.42 bits per heavy atom. The summed E-state index contributed by atoms with van der Waals surface area (Å²) in [5.74, 6) is 0. The number of benzene rings is 3. The van der Waals surface area contributed by atoms with Crippen LogP contribution in [-0.4, -0.2) is 3.21 Å². The normalized spacial score (nSPS) is 14.7. The Morgan fingerprint density at radius 1 is 0.727 bits per heavy atom. The molecule has 168 valence electrons. The first-order valence-electron chi connectivity index (χ1n) is 11.3. The zero-order chi connectivity index (χ0) is 21.3. The minimum absolute atomic E-state index is 0. The van der Waals surface area contributed by atoms with Gasteiger partial charge < -0.3 is 24.8 Å². The van der Waals surface area contributed by atoms with E-state index in [0.717, 1.165) is 12.8 Å². The van der Waals surface area contributed by atoms with Gasteiger partial charge in [0.2, 0.25) is 0 Å². The van der Waals surface area contributed by atoms with Gasteiger partial charge in [-0.2, -0.15) is 41.5 Å². The zero-order valence-corrected chi connectivity index (χ0v) is 22.8. The fourth-order valence-electron chi connectivity index (χ4n) is 4.20.